The molecule has 2 N–H and O–H groups in total. The number of amides is 3. The highest BCUT2D eigenvalue weighted by Gasteiger charge is 2.36. The van der Waals surface area contributed by atoms with Crippen LogP contribution in [0.4, 0.5) is 27.6 Å². The van der Waals surface area contributed by atoms with Crippen LogP contribution in [0.1, 0.15) is 49.9 Å². The second-order valence-corrected chi connectivity index (χ2v) is 10.2. The van der Waals surface area contributed by atoms with E-state index in [2.05, 4.69) is 10.6 Å². The first-order chi connectivity index (χ1) is 19.3. The number of nitrogens with zero attached hydrogens (tertiary/aromatic N) is 1. The molecule has 2 heterocycles. The lowest BCUT2D eigenvalue weighted by molar-refractivity contribution is -0.137. The summed E-state index contributed by atoms with van der Waals surface area (Å²) in [5.41, 5.74) is -1.67. The maximum atomic E-state index is 14.1. The number of halogens is 6. The van der Waals surface area contributed by atoms with Crippen LogP contribution in [0, 0.1) is 17.6 Å². The maximum absolute atomic E-state index is 14.1. The first-order valence-electron chi connectivity index (χ1n) is 12.3. The molecule has 214 valence electrons. The van der Waals surface area contributed by atoms with E-state index in [1.807, 2.05) is 0 Å². The summed E-state index contributed by atoms with van der Waals surface area (Å²) in [5, 5.41) is 5.24. The fourth-order valence-corrected chi connectivity index (χ4v) is 5.15. The normalized spacial score (nSPS) is 18.4. The lowest BCUT2D eigenvalue weighted by Crippen LogP contribution is -2.21. The summed E-state index contributed by atoms with van der Waals surface area (Å²) >= 11 is 6.29. The van der Waals surface area contributed by atoms with Crippen molar-refractivity contribution in [2.45, 2.75) is 18.6 Å². The van der Waals surface area contributed by atoms with Crippen LogP contribution in [-0.4, -0.2) is 42.8 Å². The highest BCUT2D eigenvalue weighted by atomic mass is 35.5. The number of rotatable bonds is 6. The van der Waals surface area contributed by atoms with Gasteiger partial charge in [-0.15, -0.1) is 0 Å². The first kappa shape index (κ1) is 28.3. The van der Waals surface area contributed by atoms with Crippen LogP contribution in [0.3, 0.4) is 0 Å². The predicted molar refractivity (Wildman–Crippen MR) is 138 cm³/mol. The standard InChI is InChI=1S/C28H21ClF5N3O4/c1-37-11-13(4-23(37)38)12-41-18-9-20-24(25(36-27(20)40)19-8-16(30)2-3-21(19)29)22(10-18)35-26(39)14-5-15(28(32,33)34)7-17(31)6-14/h2-3,5-10,13,25H,4,11-12H2,1H3,(H,35,39)(H,36,40)/t13-,25+/m1/s1. The fourth-order valence-electron chi connectivity index (χ4n) is 4.92. The molecule has 3 aromatic carbocycles. The van der Waals surface area contributed by atoms with Crippen molar-refractivity contribution in [1.29, 1.82) is 0 Å². The van der Waals surface area contributed by atoms with Crippen LogP contribution in [0.15, 0.2) is 48.5 Å². The summed E-state index contributed by atoms with van der Waals surface area (Å²) in [7, 11) is 1.66. The molecule has 0 spiro atoms. The van der Waals surface area contributed by atoms with E-state index in [0.717, 1.165) is 12.1 Å². The first-order valence-corrected chi connectivity index (χ1v) is 12.7. The lowest BCUT2D eigenvalue weighted by atomic mass is 9.95. The summed E-state index contributed by atoms with van der Waals surface area (Å²) in [4.78, 5) is 39.6. The molecule has 0 bridgehead atoms. The third-order valence-corrected chi connectivity index (χ3v) is 7.22. The van der Waals surface area contributed by atoms with Crippen molar-refractivity contribution < 1.29 is 41.1 Å². The quantitative estimate of drug-likeness (QED) is 0.366. The van der Waals surface area contributed by atoms with Gasteiger partial charge in [0.15, 0.2) is 0 Å². The molecule has 2 aliphatic rings. The van der Waals surface area contributed by atoms with Crippen LogP contribution in [0.25, 0.3) is 0 Å². The minimum absolute atomic E-state index is 0.0398. The van der Waals surface area contributed by atoms with Gasteiger partial charge in [-0.05, 0) is 42.5 Å². The Hall–Kier alpha value is -4.19. The number of likely N-dealkylation sites (tertiary alicyclic amines) is 1. The van der Waals surface area contributed by atoms with Crippen molar-refractivity contribution in [3.05, 3.63) is 93.0 Å². The van der Waals surface area contributed by atoms with Crippen molar-refractivity contribution in [1.82, 2.24) is 10.2 Å². The maximum Gasteiger partial charge on any atom is 0.416 e. The molecule has 2 atom stereocenters. The Morgan fingerprint density at radius 1 is 1.10 bits per heavy atom. The smallest absolute Gasteiger partial charge is 0.416 e. The molecule has 1 saturated heterocycles. The summed E-state index contributed by atoms with van der Waals surface area (Å²) in [6, 6.07) is 6.63. The van der Waals surface area contributed by atoms with E-state index in [0.29, 0.717) is 18.7 Å². The zero-order valence-corrected chi connectivity index (χ0v) is 22.0. The van der Waals surface area contributed by atoms with Gasteiger partial charge >= 0.3 is 6.18 Å². The van der Waals surface area contributed by atoms with Crippen LogP contribution < -0.4 is 15.4 Å². The number of alkyl halides is 3. The Balaban J connectivity index is 1.54. The second kappa shape index (κ2) is 10.7. The van der Waals surface area contributed by atoms with Gasteiger partial charge in [0, 0.05) is 53.7 Å². The molecular weight excluding hydrogens is 573 g/mol. The molecule has 13 heteroatoms. The zero-order chi connectivity index (χ0) is 29.6. The number of carbonyl (C=O) groups is 3. The molecule has 1 fully saturated rings. The Morgan fingerprint density at radius 3 is 2.54 bits per heavy atom. The molecule has 5 rings (SSSR count). The average Bonchev–Trinajstić information content (AvgIpc) is 3.41. The van der Waals surface area contributed by atoms with Crippen LogP contribution in [0.5, 0.6) is 5.75 Å². The molecule has 3 amide bonds. The van der Waals surface area contributed by atoms with Crippen molar-refractivity contribution >= 4 is 35.0 Å². The van der Waals surface area contributed by atoms with Gasteiger partial charge in [-0.25, -0.2) is 8.78 Å². The molecule has 3 aromatic rings. The third kappa shape index (κ3) is 5.83. The Labute approximate surface area is 235 Å². The molecular formula is C28H21ClF5N3O4. The van der Waals surface area contributed by atoms with Crippen molar-refractivity contribution in [3.63, 3.8) is 0 Å². The van der Waals surface area contributed by atoms with E-state index >= 15 is 0 Å². The predicted octanol–water partition coefficient (Wildman–Crippen LogP) is 5.58. The van der Waals surface area contributed by atoms with Crippen LogP contribution in [0.2, 0.25) is 5.02 Å². The zero-order valence-electron chi connectivity index (χ0n) is 21.2. The molecule has 2 aliphatic heterocycles. The summed E-state index contributed by atoms with van der Waals surface area (Å²) in [6.45, 7) is 0.553. The number of nitrogens with one attached hydrogen (secondary N) is 2. The van der Waals surface area contributed by atoms with E-state index in [1.54, 1.807) is 11.9 Å². The van der Waals surface area contributed by atoms with E-state index in [1.165, 1.54) is 18.2 Å². The highest BCUT2D eigenvalue weighted by molar-refractivity contribution is 6.31. The van der Waals surface area contributed by atoms with Gasteiger partial charge in [0.2, 0.25) is 5.91 Å². The Morgan fingerprint density at radius 2 is 1.85 bits per heavy atom. The second-order valence-electron chi connectivity index (χ2n) is 9.84. The van der Waals surface area contributed by atoms with Crippen LogP contribution in [-0.2, 0) is 11.0 Å². The molecule has 0 aromatic heterocycles. The topological polar surface area (TPSA) is 87.7 Å². The van der Waals surface area contributed by atoms with Gasteiger partial charge in [-0.2, -0.15) is 13.2 Å². The van der Waals surface area contributed by atoms with E-state index in [-0.39, 0.29) is 64.1 Å². The summed E-state index contributed by atoms with van der Waals surface area (Å²) in [6.07, 6.45) is -4.65. The number of benzene rings is 3. The summed E-state index contributed by atoms with van der Waals surface area (Å²) < 4.78 is 73.8. The monoisotopic (exact) mass is 593 g/mol. The van der Waals surface area contributed by atoms with Crippen molar-refractivity contribution in [2.24, 2.45) is 5.92 Å². The number of hydrogen-bond donors (Lipinski definition) is 2. The molecule has 0 unspecified atom stereocenters. The number of anilines is 1. The number of hydrogen-bond acceptors (Lipinski definition) is 4. The Bertz CT molecular complexity index is 1580. The number of ether oxygens (including phenoxy) is 1. The molecule has 0 radical (unpaired) electrons. The molecule has 7 nitrogen and oxygen atoms in total. The van der Waals surface area contributed by atoms with E-state index in [9.17, 15) is 36.3 Å². The molecule has 41 heavy (non-hydrogen) atoms. The SMILES string of the molecule is CN1C[C@H](COc2cc(NC(=O)c3cc(F)cc(C(F)(F)F)c3)c3c(c2)C(=O)N[C@H]3c2cc(F)ccc2Cl)CC1=O. The minimum Gasteiger partial charge on any atom is -0.493 e. The van der Waals surface area contributed by atoms with Crippen LogP contribution >= 0.6 is 11.6 Å². The lowest BCUT2D eigenvalue weighted by Gasteiger charge is -2.19. The highest BCUT2D eigenvalue weighted by Crippen LogP contribution is 2.42. The van der Waals surface area contributed by atoms with Gasteiger partial charge in [0.05, 0.1) is 29.5 Å². The minimum atomic E-state index is -4.91. The van der Waals surface area contributed by atoms with Gasteiger partial charge in [0.1, 0.15) is 17.4 Å². The van der Waals surface area contributed by atoms with E-state index < -0.39 is 46.8 Å². The molecule has 0 aliphatic carbocycles. The average molecular weight is 594 g/mol. The Kier molecular flexibility index (Phi) is 7.37. The largest absolute Gasteiger partial charge is 0.493 e. The van der Waals surface area contributed by atoms with Gasteiger partial charge in [0.25, 0.3) is 11.8 Å². The molecule has 0 saturated carbocycles. The van der Waals surface area contributed by atoms with Crippen molar-refractivity contribution in [3.8, 4) is 5.75 Å². The number of carbonyl (C=O) groups excluding carboxylic acids is 3. The van der Waals surface area contributed by atoms with E-state index in [4.69, 9.17) is 16.3 Å². The van der Waals surface area contributed by atoms with Gasteiger partial charge in [-0.3, -0.25) is 14.4 Å². The number of fused-ring (bicyclic) bond motifs is 1. The summed E-state index contributed by atoms with van der Waals surface area (Å²) in [5.74, 6) is -3.69. The third-order valence-electron chi connectivity index (χ3n) is 6.87. The van der Waals surface area contributed by atoms with Gasteiger partial charge < -0.3 is 20.3 Å². The van der Waals surface area contributed by atoms with Crippen molar-refractivity contribution in [2.75, 3.05) is 25.5 Å². The fraction of sp³-hybridized carbons (Fsp3) is 0.250. The van der Waals surface area contributed by atoms with Gasteiger partial charge in [-0.1, -0.05) is 11.6 Å².